The number of piperidine rings is 1. The van der Waals surface area contributed by atoms with E-state index in [2.05, 4.69) is 43.3 Å². The molecule has 2 aromatic rings. The van der Waals surface area contributed by atoms with Crippen LogP contribution in [0.1, 0.15) is 68.9 Å². The molecule has 0 spiro atoms. The molecule has 0 bridgehead atoms. The maximum absolute atomic E-state index is 13.5. The van der Waals surface area contributed by atoms with E-state index in [-0.39, 0.29) is 17.4 Å². The van der Waals surface area contributed by atoms with Gasteiger partial charge in [0.25, 0.3) is 5.91 Å². The Hall–Kier alpha value is -2.41. The number of hydrogen-bond acceptors (Lipinski definition) is 6. The molecule has 3 heterocycles. The lowest BCUT2D eigenvalue weighted by atomic mass is 9.95. The Morgan fingerprint density at radius 2 is 2.24 bits per heavy atom. The number of aromatic nitrogens is 2. The molecule has 2 N–H and O–H groups in total. The topological polar surface area (TPSA) is 83.3 Å². The average molecular weight is 400 g/mol. The highest BCUT2D eigenvalue weighted by molar-refractivity contribution is 5.98. The van der Waals surface area contributed by atoms with Gasteiger partial charge in [0.05, 0.1) is 12.8 Å². The molecular weight excluding hydrogens is 366 g/mol. The molecule has 0 radical (unpaired) electrons. The van der Waals surface area contributed by atoms with E-state index < -0.39 is 0 Å². The summed E-state index contributed by atoms with van der Waals surface area (Å²) in [5, 5.41) is 6.72. The van der Waals surface area contributed by atoms with Crippen molar-refractivity contribution in [3.63, 3.8) is 0 Å². The van der Waals surface area contributed by atoms with Crippen LogP contribution in [0.2, 0.25) is 0 Å². The number of carbonyl (C=O) groups excluding carboxylic acids is 1. The number of furan rings is 1. The third-order valence-electron chi connectivity index (χ3n) is 5.14. The summed E-state index contributed by atoms with van der Waals surface area (Å²) in [6.07, 6.45) is 6.34. The third-order valence-corrected chi connectivity index (χ3v) is 5.14. The number of rotatable bonds is 7. The van der Waals surface area contributed by atoms with E-state index in [9.17, 15) is 4.79 Å². The zero-order chi connectivity index (χ0) is 20.9. The largest absolute Gasteiger partial charge is 0.467 e. The molecule has 7 heteroatoms. The van der Waals surface area contributed by atoms with Crippen LogP contribution in [0.15, 0.2) is 29.0 Å². The van der Waals surface area contributed by atoms with Crippen LogP contribution in [0.5, 0.6) is 0 Å². The van der Waals surface area contributed by atoms with Crippen molar-refractivity contribution in [1.82, 2.24) is 20.2 Å². The molecule has 1 amide bonds. The Labute approximate surface area is 173 Å². The molecule has 1 fully saturated rings. The Balaban J connectivity index is 1.90. The van der Waals surface area contributed by atoms with Crippen LogP contribution in [-0.4, -0.2) is 46.5 Å². The number of hydrogen-bond donors (Lipinski definition) is 2. The minimum atomic E-state index is -0.209. The van der Waals surface area contributed by atoms with Crippen molar-refractivity contribution in [2.75, 3.05) is 25.0 Å². The molecule has 0 saturated carbocycles. The highest BCUT2D eigenvalue weighted by atomic mass is 16.3. The van der Waals surface area contributed by atoms with Crippen LogP contribution < -0.4 is 10.6 Å². The second kappa shape index (κ2) is 9.39. The number of nitrogens with one attached hydrogen (secondary N) is 2. The summed E-state index contributed by atoms with van der Waals surface area (Å²) in [5.74, 6) is 2.05. The first-order valence-electron chi connectivity index (χ1n) is 10.6. The van der Waals surface area contributed by atoms with E-state index in [1.807, 2.05) is 17.0 Å². The Morgan fingerprint density at radius 1 is 1.41 bits per heavy atom. The van der Waals surface area contributed by atoms with E-state index in [4.69, 9.17) is 9.40 Å². The Bertz CT molecular complexity index is 792. The normalized spacial score (nSPS) is 17.2. The molecule has 1 aliphatic heterocycles. The van der Waals surface area contributed by atoms with E-state index in [0.717, 1.165) is 44.7 Å². The molecule has 1 atom stereocenters. The van der Waals surface area contributed by atoms with Gasteiger partial charge in [-0.1, -0.05) is 27.7 Å². The van der Waals surface area contributed by atoms with Gasteiger partial charge in [0.2, 0.25) is 0 Å². The van der Waals surface area contributed by atoms with E-state index in [1.165, 1.54) is 0 Å². The lowest BCUT2D eigenvalue weighted by Gasteiger charge is -2.35. The molecule has 158 valence electrons. The lowest BCUT2D eigenvalue weighted by Crippen LogP contribution is -2.49. The summed E-state index contributed by atoms with van der Waals surface area (Å²) in [6, 6.07) is 3.96. The van der Waals surface area contributed by atoms with Gasteiger partial charge in [0.1, 0.15) is 23.0 Å². The lowest BCUT2D eigenvalue weighted by molar-refractivity contribution is 0.0649. The van der Waals surface area contributed by atoms with Gasteiger partial charge in [-0.05, 0) is 37.9 Å². The average Bonchev–Trinajstić information content (AvgIpc) is 3.23. The fraction of sp³-hybridized carbons (Fsp3) is 0.591. The maximum atomic E-state index is 13.5. The standard InChI is InChI=1S/C22H33N5O2/c1-5-11-27(16-8-6-10-23-13-16)20(28)18-15-25-21(22(2,3)4)26-19(18)24-14-17-9-7-12-29-17/h7,9,12,15-16,23H,5-6,8,10-11,13-14H2,1-4H3,(H,24,25,26). The quantitative estimate of drug-likeness (QED) is 0.740. The van der Waals surface area contributed by atoms with Gasteiger partial charge in [0.15, 0.2) is 0 Å². The van der Waals surface area contributed by atoms with Crippen molar-refractivity contribution in [3.8, 4) is 0 Å². The number of anilines is 1. The van der Waals surface area contributed by atoms with Crippen molar-refractivity contribution in [3.05, 3.63) is 41.7 Å². The first kappa shape index (κ1) is 21.3. The molecule has 3 rings (SSSR count). The maximum Gasteiger partial charge on any atom is 0.259 e. The predicted molar refractivity (Wildman–Crippen MR) is 114 cm³/mol. The molecule has 0 aliphatic carbocycles. The number of nitrogens with zero attached hydrogens (tertiary/aromatic N) is 3. The smallest absolute Gasteiger partial charge is 0.259 e. The van der Waals surface area contributed by atoms with Crippen LogP contribution in [-0.2, 0) is 12.0 Å². The fourth-order valence-electron chi connectivity index (χ4n) is 3.56. The van der Waals surface area contributed by atoms with Crippen LogP contribution in [0, 0.1) is 0 Å². The second-order valence-electron chi connectivity index (χ2n) is 8.64. The van der Waals surface area contributed by atoms with Gasteiger partial charge >= 0.3 is 0 Å². The van der Waals surface area contributed by atoms with E-state index >= 15 is 0 Å². The number of amides is 1. The van der Waals surface area contributed by atoms with Crippen LogP contribution in [0.25, 0.3) is 0 Å². The molecule has 1 aliphatic rings. The van der Waals surface area contributed by atoms with E-state index in [1.54, 1.807) is 12.5 Å². The molecule has 1 unspecified atom stereocenters. The third kappa shape index (κ3) is 5.35. The summed E-state index contributed by atoms with van der Waals surface area (Å²) in [7, 11) is 0. The summed E-state index contributed by atoms with van der Waals surface area (Å²) >= 11 is 0. The SMILES string of the molecule is CCCN(C(=O)c1cnc(C(C)(C)C)nc1NCc1ccco1)C1CCCNC1. The highest BCUT2D eigenvalue weighted by Gasteiger charge is 2.29. The fourth-order valence-corrected chi connectivity index (χ4v) is 3.56. The van der Waals surface area contributed by atoms with Crippen molar-refractivity contribution in [2.24, 2.45) is 0 Å². The monoisotopic (exact) mass is 399 g/mol. The second-order valence-corrected chi connectivity index (χ2v) is 8.64. The van der Waals surface area contributed by atoms with Gasteiger partial charge in [-0.2, -0.15) is 0 Å². The predicted octanol–water partition coefficient (Wildman–Crippen LogP) is 3.58. The van der Waals surface area contributed by atoms with Crippen molar-refractivity contribution in [1.29, 1.82) is 0 Å². The van der Waals surface area contributed by atoms with E-state index in [0.29, 0.717) is 23.8 Å². The summed E-state index contributed by atoms with van der Waals surface area (Å²) in [6.45, 7) is 11.3. The van der Waals surface area contributed by atoms with Crippen LogP contribution in [0.4, 0.5) is 5.82 Å². The first-order chi connectivity index (χ1) is 13.9. The molecule has 29 heavy (non-hydrogen) atoms. The summed E-state index contributed by atoms with van der Waals surface area (Å²) < 4.78 is 5.42. The van der Waals surface area contributed by atoms with Gasteiger partial charge in [-0.3, -0.25) is 4.79 Å². The minimum absolute atomic E-state index is 0.0112. The van der Waals surface area contributed by atoms with Crippen LogP contribution in [0.3, 0.4) is 0 Å². The van der Waals surface area contributed by atoms with Gasteiger partial charge in [-0.25, -0.2) is 9.97 Å². The molecule has 7 nitrogen and oxygen atoms in total. The zero-order valence-electron chi connectivity index (χ0n) is 18.0. The van der Waals surface area contributed by atoms with Gasteiger partial charge in [0, 0.05) is 30.7 Å². The summed E-state index contributed by atoms with van der Waals surface area (Å²) in [5.41, 5.74) is 0.308. The van der Waals surface area contributed by atoms with Crippen molar-refractivity contribution >= 4 is 11.7 Å². The first-order valence-corrected chi connectivity index (χ1v) is 10.6. The van der Waals surface area contributed by atoms with Gasteiger partial charge in [-0.15, -0.1) is 0 Å². The molecular formula is C22H33N5O2. The Morgan fingerprint density at radius 3 is 2.86 bits per heavy atom. The van der Waals surface area contributed by atoms with Crippen molar-refractivity contribution in [2.45, 2.75) is 65.0 Å². The van der Waals surface area contributed by atoms with Crippen LogP contribution >= 0.6 is 0 Å². The number of carbonyl (C=O) groups is 1. The minimum Gasteiger partial charge on any atom is -0.467 e. The summed E-state index contributed by atoms with van der Waals surface area (Å²) in [4.78, 5) is 24.8. The molecule has 2 aromatic heterocycles. The molecule has 0 aromatic carbocycles. The van der Waals surface area contributed by atoms with Crippen molar-refractivity contribution < 1.29 is 9.21 Å². The van der Waals surface area contributed by atoms with Gasteiger partial charge < -0.3 is 20.0 Å². The zero-order valence-corrected chi connectivity index (χ0v) is 18.0. The Kier molecular flexibility index (Phi) is 6.90. The highest BCUT2D eigenvalue weighted by Crippen LogP contribution is 2.24. The molecule has 1 saturated heterocycles.